The minimum absolute atomic E-state index is 0.214. The van der Waals surface area contributed by atoms with E-state index in [2.05, 4.69) is 16.6 Å². The Morgan fingerprint density at radius 1 is 1.33 bits per heavy atom. The van der Waals surface area contributed by atoms with Crippen LogP contribution in [0.1, 0.15) is 29.2 Å². The van der Waals surface area contributed by atoms with E-state index >= 15 is 4.39 Å². The number of nitrogens with two attached hydrogens (primary N) is 1. The quantitative estimate of drug-likeness (QED) is 0.483. The fraction of sp³-hybridized carbons (Fsp3) is 0.292. The van der Waals surface area contributed by atoms with E-state index < -0.39 is 12.1 Å². The molecule has 4 rings (SSSR count). The van der Waals surface area contributed by atoms with E-state index in [4.69, 9.17) is 6.42 Å². The molecule has 172 valence electrons. The zero-order valence-electron chi connectivity index (χ0n) is 18.2. The number of aliphatic hydroxyl groups excluding tert-OH is 1. The van der Waals surface area contributed by atoms with E-state index in [0.29, 0.717) is 18.5 Å². The van der Waals surface area contributed by atoms with Gasteiger partial charge in [0.25, 0.3) is 0 Å². The predicted molar refractivity (Wildman–Crippen MR) is 124 cm³/mol. The maximum atomic E-state index is 15.0. The number of nitrogens with zero attached hydrogens (tertiary/aromatic N) is 3. The molecule has 2 atom stereocenters. The van der Waals surface area contributed by atoms with E-state index in [0.717, 1.165) is 35.7 Å². The number of carbonyl (C=O) groups is 2. The lowest BCUT2D eigenvalue weighted by atomic mass is 10.0. The maximum absolute atomic E-state index is 15.0. The number of aliphatic imine (C=N–C) groups is 1. The van der Waals surface area contributed by atoms with Crippen LogP contribution in [0.3, 0.4) is 0 Å². The molecule has 9 heteroatoms. The van der Waals surface area contributed by atoms with Crippen molar-refractivity contribution in [3.8, 4) is 12.3 Å². The molecular weight excluding hydrogens is 425 g/mol. The molecule has 0 bridgehead atoms. The van der Waals surface area contributed by atoms with Gasteiger partial charge in [0.15, 0.2) is 0 Å². The number of β-amino-alcohol motifs (C(OH)–C–C–N with tert-alkyl or cyclic N) is 1. The summed E-state index contributed by atoms with van der Waals surface area (Å²) in [5.74, 6) is 3.16. The van der Waals surface area contributed by atoms with Crippen molar-refractivity contribution in [2.24, 2.45) is 10.7 Å². The van der Waals surface area contributed by atoms with Gasteiger partial charge in [-0.2, -0.15) is 0 Å². The van der Waals surface area contributed by atoms with E-state index in [1.165, 1.54) is 0 Å². The number of rotatable bonds is 4. The van der Waals surface area contributed by atoms with Gasteiger partial charge in [-0.1, -0.05) is 18.1 Å². The molecule has 2 heterocycles. The van der Waals surface area contributed by atoms with Crippen molar-refractivity contribution in [3.05, 3.63) is 65.0 Å². The number of imide groups is 1. The number of primary amides is 1. The zero-order valence-corrected chi connectivity index (χ0v) is 18.2. The summed E-state index contributed by atoms with van der Waals surface area (Å²) in [7, 11) is 1.96. The Bertz CT molecular complexity index is 1080. The Kier molecular flexibility index (Phi) is 7.64. The van der Waals surface area contributed by atoms with Crippen LogP contribution in [0.4, 0.5) is 14.9 Å². The highest BCUT2D eigenvalue weighted by atomic mass is 19.1. The van der Waals surface area contributed by atoms with Crippen LogP contribution in [0.15, 0.2) is 47.5 Å². The molecule has 2 aliphatic heterocycles. The highest BCUT2D eigenvalue weighted by Crippen LogP contribution is 2.37. The summed E-state index contributed by atoms with van der Waals surface area (Å²) < 4.78 is 15.0. The molecule has 0 saturated carbocycles. The summed E-state index contributed by atoms with van der Waals surface area (Å²) in [5, 5.41) is 11.9. The van der Waals surface area contributed by atoms with Gasteiger partial charge in [0.1, 0.15) is 11.7 Å². The van der Waals surface area contributed by atoms with Gasteiger partial charge in [-0.3, -0.25) is 15.1 Å². The van der Waals surface area contributed by atoms with Gasteiger partial charge in [0.2, 0.25) is 6.41 Å². The van der Waals surface area contributed by atoms with Crippen molar-refractivity contribution < 1.29 is 19.1 Å². The molecule has 0 unspecified atom stereocenters. The first kappa shape index (κ1) is 23.8. The van der Waals surface area contributed by atoms with Crippen molar-refractivity contribution in [2.75, 3.05) is 31.6 Å². The van der Waals surface area contributed by atoms with Crippen LogP contribution in [0.2, 0.25) is 0 Å². The van der Waals surface area contributed by atoms with Crippen LogP contribution >= 0.6 is 0 Å². The summed E-state index contributed by atoms with van der Waals surface area (Å²) >= 11 is 0. The Morgan fingerprint density at radius 3 is 2.58 bits per heavy atom. The third-order valence-corrected chi connectivity index (χ3v) is 5.52. The molecule has 0 radical (unpaired) electrons. The number of nitrogens with one attached hydrogen (secondary N) is 1. The standard InChI is InChI=1S/C22H22FN3O.C2H4N2O2/c1-3-15-4-7-17(8-5-15)26-14-18(27)13-21(26)19-9-6-16(12-20(19)23)22-24-10-11-25(22)2;3-2(6)4-1-5/h1,4-9,12,18,21,27H,10-11,13-14H2,2H3;1H,(H3,3,4,5,6)/t18-,21-;/m1./s1. The summed E-state index contributed by atoms with van der Waals surface area (Å²) in [6.45, 7) is 2.07. The average molecular weight is 452 g/mol. The first-order valence-electron chi connectivity index (χ1n) is 10.4. The van der Waals surface area contributed by atoms with Gasteiger partial charge in [-0.25, -0.2) is 9.18 Å². The lowest BCUT2D eigenvalue weighted by molar-refractivity contribution is -0.108. The van der Waals surface area contributed by atoms with Gasteiger partial charge in [-0.05, 0) is 36.8 Å². The summed E-state index contributed by atoms with van der Waals surface area (Å²) in [6, 6.07) is 11.8. The molecule has 2 aromatic carbocycles. The van der Waals surface area contributed by atoms with Gasteiger partial charge >= 0.3 is 6.03 Å². The lowest BCUT2D eigenvalue weighted by Gasteiger charge is -2.27. The molecule has 0 spiro atoms. The Hall–Kier alpha value is -3.90. The predicted octanol–water partition coefficient (Wildman–Crippen LogP) is 1.62. The van der Waals surface area contributed by atoms with Crippen LogP contribution in [0.25, 0.3) is 0 Å². The lowest BCUT2D eigenvalue weighted by Crippen LogP contribution is -2.27. The number of anilines is 1. The fourth-order valence-corrected chi connectivity index (χ4v) is 3.98. The van der Waals surface area contributed by atoms with Crippen molar-refractivity contribution in [2.45, 2.75) is 18.6 Å². The van der Waals surface area contributed by atoms with E-state index in [9.17, 15) is 14.7 Å². The van der Waals surface area contributed by atoms with E-state index in [1.807, 2.05) is 53.2 Å². The summed E-state index contributed by atoms with van der Waals surface area (Å²) in [5.41, 5.74) is 7.54. The number of carbonyl (C=O) groups excluding carboxylic acids is 2. The van der Waals surface area contributed by atoms with Crippen LogP contribution in [-0.2, 0) is 4.79 Å². The molecule has 2 aliphatic rings. The maximum Gasteiger partial charge on any atom is 0.318 e. The van der Waals surface area contributed by atoms with Gasteiger partial charge in [-0.15, -0.1) is 6.42 Å². The first-order valence-corrected chi connectivity index (χ1v) is 10.4. The molecule has 2 aromatic rings. The number of urea groups is 1. The zero-order chi connectivity index (χ0) is 24.0. The largest absolute Gasteiger partial charge is 0.391 e. The van der Waals surface area contributed by atoms with Crippen molar-refractivity contribution >= 4 is 24.0 Å². The second-order valence-electron chi connectivity index (χ2n) is 7.74. The third kappa shape index (κ3) is 5.67. The van der Waals surface area contributed by atoms with E-state index in [-0.39, 0.29) is 18.3 Å². The second kappa shape index (κ2) is 10.6. The SMILES string of the molecule is C#Cc1ccc(N2C[C@H](O)C[C@@H]2c2ccc(C3=NCCN3C)cc2F)cc1.NC(=O)NC=O. The molecule has 8 nitrogen and oxygen atoms in total. The number of amidine groups is 1. The minimum atomic E-state index is -0.829. The molecule has 1 fully saturated rings. The monoisotopic (exact) mass is 451 g/mol. The third-order valence-electron chi connectivity index (χ3n) is 5.52. The highest BCUT2D eigenvalue weighted by Gasteiger charge is 2.34. The fourth-order valence-electron chi connectivity index (χ4n) is 3.98. The number of benzene rings is 2. The Labute approximate surface area is 191 Å². The number of amides is 3. The number of hydrogen-bond acceptors (Lipinski definition) is 6. The Morgan fingerprint density at radius 2 is 2.06 bits per heavy atom. The smallest absolute Gasteiger partial charge is 0.318 e. The van der Waals surface area contributed by atoms with Crippen molar-refractivity contribution in [3.63, 3.8) is 0 Å². The minimum Gasteiger partial charge on any atom is -0.391 e. The van der Waals surface area contributed by atoms with Gasteiger partial charge < -0.3 is 20.6 Å². The van der Waals surface area contributed by atoms with Crippen LogP contribution < -0.4 is 16.0 Å². The first-order chi connectivity index (χ1) is 15.8. The molecule has 1 saturated heterocycles. The second-order valence-corrected chi connectivity index (χ2v) is 7.74. The molecule has 0 aliphatic carbocycles. The molecule has 0 aromatic heterocycles. The van der Waals surface area contributed by atoms with Gasteiger partial charge in [0.05, 0.1) is 18.7 Å². The van der Waals surface area contributed by atoms with Crippen molar-refractivity contribution in [1.29, 1.82) is 0 Å². The normalized spacial score (nSPS) is 19.3. The molecular formula is C24H26FN5O3. The molecule has 33 heavy (non-hydrogen) atoms. The van der Waals surface area contributed by atoms with Gasteiger partial charge in [0, 0.05) is 42.5 Å². The summed E-state index contributed by atoms with van der Waals surface area (Å²) in [6.07, 6.45) is 5.65. The highest BCUT2D eigenvalue weighted by molar-refractivity contribution is 5.99. The van der Waals surface area contributed by atoms with Crippen LogP contribution in [0, 0.1) is 18.2 Å². The van der Waals surface area contributed by atoms with Crippen molar-refractivity contribution in [1.82, 2.24) is 10.2 Å². The van der Waals surface area contributed by atoms with Crippen LogP contribution in [-0.4, -0.2) is 61.1 Å². The number of aliphatic hydroxyl groups is 1. The van der Waals surface area contributed by atoms with Crippen LogP contribution in [0.5, 0.6) is 0 Å². The average Bonchev–Trinajstić information content (AvgIpc) is 3.39. The number of terminal acetylenes is 1. The number of hydrogen-bond donors (Lipinski definition) is 3. The molecule has 4 N–H and O–H groups in total. The molecule has 3 amide bonds. The topological polar surface area (TPSA) is 111 Å². The Balaban J connectivity index is 0.000000454. The van der Waals surface area contributed by atoms with E-state index in [1.54, 1.807) is 11.4 Å². The summed E-state index contributed by atoms with van der Waals surface area (Å²) in [4.78, 5) is 27.2. The number of likely N-dealkylation sites (N-methyl/N-ethyl adjacent to an activating group) is 1. The number of halogens is 1.